The summed E-state index contributed by atoms with van der Waals surface area (Å²) in [5.74, 6) is -2.51. The quantitative estimate of drug-likeness (QED) is 0.706. The molecule has 0 spiro atoms. The molecule has 0 saturated heterocycles. The van der Waals surface area contributed by atoms with Gasteiger partial charge in [-0.3, -0.25) is 9.59 Å². The van der Waals surface area contributed by atoms with Gasteiger partial charge in [-0.2, -0.15) is 0 Å². The monoisotopic (exact) mass is 375 g/mol. The number of halogens is 2. The van der Waals surface area contributed by atoms with E-state index in [2.05, 4.69) is 5.32 Å². The highest BCUT2D eigenvalue weighted by atomic mass is 35.5. The van der Waals surface area contributed by atoms with Crippen molar-refractivity contribution in [3.8, 4) is 0 Å². The molecular formula is C18H11ClFNO5. The van der Waals surface area contributed by atoms with Crippen molar-refractivity contribution in [3.05, 3.63) is 75.4 Å². The molecule has 1 amide bonds. The molecule has 0 aliphatic rings. The Hall–Kier alpha value is -3.19. The summed E-state index contributed by atoms with van der Waals surface area (Å²) in [7, 11) is 0. The smallest absolute Gasteiger partial charge is 0.374 e. The van der Waals surface area contributed by atoms with Crippen molar-refractivity contribution in [2.24, 2.45) is 0 Å². The molecule has 0 radical (unpaired) electrons. The molecular weight excluding hydrogens is 365 g/mol. The number of benzene rings is 2. The minimum absolute atomic E-state index is 0.165. The third-order valence-corrected chi connectivity index (χ3v) is 3.57. The summed E-state index contributed by atoms with van der Waals surface area (Å²) in [6, 6.07) is 10.6. The first kappa shape index (κ1) is 17.6. The molecule has 1 aromatic heterocycles. The first-order valence-corrected chi connectivity index (χ1v) is 7.76. The van der Waals surface area contributed by atoms with Crippen LogP contribution in [0.25, 0.3) is 11.0 Å². The lowest BCUT2D eigenvalue weighted by Crippen LogP contribution is -2.21. The fourth-order valence-corrected chi connectivity index (χ4v) is 2.37. The Balaban J connectivity index is 1.68. The van der Waals surface area contributed by atoms with Crippen molar-refractivity contribution in [1.82, 2.24) is 0 Å². The second kappa shape index (κ2) is 7.37. The molecule has 0 saturated carbocycles. The van der Waals surface area contributed by atoms with Crippen LogP contribution < -0.4 is 10.7 Å². The van der Waals surface area contributed by atoms with Gasteiger partial charge in [0.15, 0.2) is 12.0 Å². The van der Waals surface area contributed by atoms with Gasteiger partial charge in [0, 0.05) is 16.8 Å². The fourth-order valence-electron chi connectivity index (χ4n) is 2.19. The first-order valence-electron chi connectivity index (χ1n) is 7.38. The van der Waals surface area contributed by atoms with E-state index in [4.69, 9.17) is 20.8 Å². The molecule has 8 heteroatoms. The molecule has 132 valence electrons. The Morgan fingerprint density at radius 3 is 2.73 bits per heavy atom. The van der Waals surface area contributed by atoms with Crippen LogP contribution in [0.5, 0.6) is 0 Å². The second-order valence-electron chi connectivity index (χ2n) is 5.25. The summed E-state index contributed by atoms with van der Waals surface area (Å²) in [4.78, 5) is 35.8. The van der Waals surface area contributed by atoms with Crippen LogP contribution in [0.1, 0.15) is 10.6 Å². The normalized spacial score (nSPS) is 10.5. The van der Waals surface area contributed by atoms with Crippen molar-refractivity contribution in [2.75, 3.05) is 11.9 Å². The number of hydrogen-bond donors (Lipinski definition) is 1. The lowest BCUT2D eigenvalue weighted by atomic mass is 10.2. The molecule has 0 unspecified atom stereocenters. The van der Waals surface area contributed by atoms with Gasteiger partial charge in [0.1, 0.15) is 11.4 Å². The van der Waals surface area contributed by atoms with Crippen LogP contribution in [0, 0.1) is 5.82 Å². The Morgan fingerprint density at radius 1 is 1.15 bits per heavy atom. The largest absolute Gasteiger partial charge is 0.450 e. The second-order valence-corrected chi connectivity index (χ2v) is 5.69. The predicted octanol–water partition coefficient (Wildman–Crippen LogP) is 3.38. The van der Waals surface area contributed by atoms with Gasteiger partial charge in [-0.15, -0.1) is 0 Å². The minimum atomic E-state index is -0.978. The number of fused-ring (bicyclic) bond motifs is 1. The van der Waals surface area contributed by atoms with Crippen LogP contribution in [0.15, 0.2) is 57.7 Å². The Bertz CT molecular complexity index is 1060. The SMILES string of the molecule is O=C(COC(=O)c1cc(=O)c2cc(Cl)ccc2o1)Nc1cccc(F)c1. The molecule has 1 heterocycles. The van der Waals surface area contributed by atoms with E-state index < -0.39 is 29.7 Å². The van der Waals surface area contributed by atoms with Gasteiger partial charge in [0.05, 0.1) is 5.39 Å². The minimum Gasteiger partial charge on any atom is -0.450 e. The van der Waals surface area contributed by atoms with Crippen molar-refractivity contribution in [3.63, 3.8) is 0 Å². The zero-order valence-electron chi connectivity index (χ0n) is 13.1. The third-order valence-electron chi connectivity index (χ3n) is 3.33. The number of esters is 1. The Kier molecular flexibility index (Phi) is 4.99. The number of amides is 1. The molecule has 1 N–H and O–H groups in total. The van der Waals surface area contributed by atoms with Crippen molar-refractivity contribution in [1.29, 1.82) is 0 Å². The van der Waals surface area contributed by atoms with Gasteiger partial charge in [0.2, 0.25) is 5.76 Å². The van der Waals surface area contributed by atoms with E-state index >= 15 is 0 Å². The number of nitrogens with one attached hydrogen (secondary N) is 1. The molecule has 0 aliphatic carbocycles. The number of anilines is 1. The Morgan fingerprint density at radius 2 is 1.96 bits per heavy atom. The van der Waals surface area contributed by atoms with Crippen molar-refractivity contribution in [2.45, 2.75) is 0 Å². The molecule has 26 heavy (non-hydrogen) atoms. The summed E-state index contributed by atoms with van der Waals surface area (Å²) in [6.45, 7) is -0.627. The first-order chi connectivity index (χ1) is 12.4. The zero-order valence-corrected chi connectivity index (χ0v) is 13.9. The standard InChI is InChI=1S/C18H11ClFNO5/c19-10-4-5-15-13(6-10)14(22)8-16(26-15)18(24)25-9-17(23)21-12-3-1-2-11(20)7-12/h1-8H,9H2,(H,21,23). The van der Waals surface area contributed by atoms with Crippen LogP contribution in [-0.2, 0) is 9.53 Å². The predicted molar refractivity (Wildman–Crippen MR) is 92.8 cm³/mol. The van der Waals surface area contributed by atoms with E-state index in [1.54, 1.807) is 0 Å². The van der Waals surface area contributed by atoms with E-state index in [-0.39, 0.29) is 22.4 Å². The van der Waals surface area contributed by atoms with E-state index in [0.29, 0.717) is 5.02 Å². The van der Waals surface area contributed by atoms with Crippen LogP contribution >= 0.6 is 11.6 Å². The third kappa shape index (κ3) is 4.07. The maximum atomic E-state index is 13.1. The van der Waals surface area contributed by atoms with Crippen LogP contribution in [0.2, 0.25) is 5.02 Å². The maximum Gasteiger partial charge on any atom is 0.374 e. The number of hydrogen-bond acceptors (Lipinski definition) is 5. The summed E-state index contributed by atoms with van der Waals surface area (Å²) in [5, 5.41) is 2.95. The van der Waals surface area contributed by atoms with Crippen LogP contribution in [0.4, 0.5) is 10.1 Å². The zero-order chi connectivity index (χ0) is 18.7. The average molecular weight is 376 g/mol. The molecule has 0 aliphatic heterocycles. The number of rotatable bonds is 4. The fraction of sp³-hybridized carbons (Fsp3) is 0.0556. The lowest BCUT2D eigenvalue weighted by molar-refractivity contribution is -0.119. The highest BCUT2D eigenvalue weighted by Gasteiger charge is 2.16. The highest BCUT2D eigenvalue weighted by molar-refractivity contribution is 6.31. The van der Waals surface area contributed by atoms with Crippen molar-refractivity contribution < 1.29 is 23.1 Å². The van der Waals surface area contributed by atoms with Gasteiger partial charge < -0.3 is 14.5 Å². The number of carbonyl (C=O) groups excluding carboxylic acids is 2. The summed E-state index contributed by atoms with van der Waals surface area (Å²) in [5.41, 5.74) is -0.0804. The van der Waals surface area contributed by atoms with Crippen LogP contribution in [0.3, 0.4) is 0 Å². The van der Waals surface area contributed by atoms with Gasteiger partial charge in [-0.05, 0) is 36.4 Å². The van der Waals surface area contributed by atoms with Gasteiger partial charge in [-0.25, -0.2) is 9.18 Å². The Labute approximate surface area is 151 Å². The molecule has 0 bridgehead atoms. The van der Waals surface area contributed by atoms with Gasteiger partial charge in [0.25, 0.3) is 5.91 Å². The number of carbonyl (C=O) groups is 2. The van der Waals surface area contributed by atoms with E-state index in [1.165, 1.54) is 36.4 Å². The van der Waals surface area contributed by atoms with E-state index in [9.17, 15) is 18.8 Å². The summed E-state index contributed by atoms with van der Waals surface area (Å²) >= 11 is 5.81. The topological polar surface area (TPSA) is 85.6 Å². The molecule has 0 fully saturated rings. The lowest BCUT2D eigenvalue weighted by Gasteiger charge is -2.07. The molecule has 3 aromatic rings. The van der Waals surface area contributed by atoms with Gasteiger partial charge in [-0.1, -0.05) is 17.7 Å². The summed E-state index contributed by atoms with van der Waals surface area (Å²) < 4.78 is 23.2. The molecule has 0 atom stereocenters. The summed E-state index contributed by atoms with van der Waals surface area (Å²) in [6.07, 6.45) is 0. The van der Waals surface area contributed by atoms with E-state index in [1.807, 2.05) is 0 Å². The number of ether oxygens (including phenoxy) is 1. The molecule has 2 aromatic carbocycles. The molecule has 6 nitrogen and oxygen atoms in total. The average Bonchev–Trinajstić information content (AvgIpc) is 2.60. The highest BCUT2D eigenvalue weighted by Crippen LogP contribution is 2.18. The van der Waals surface area contributed by atoms with Crippen LogP contribution in [-0.4, -0.2) is 18.5 Å². The van der Waals surface area contributed by atoms with Crippen molar-refractivity contribution >= 4 is 40.1 Å². The molecule has 3 rings (SSSR count). The maximum absolute atomic E-state index is 13.1. The van der Waals surface area contributed by atoms with E-state index in [0.717, 1.165) is 12.1 Å². The van der Waals surface area contributed by atoms with Gasteiger partial charge >= 0.3 is 5.97 Å².